The number of carbonyl (C=O) groups excluding carboxylic acids is 1. The van der Waals surface area contributed by atoms with E-state index in [1.165, 1.54) is 0 Å². The highest BCUT2D eigenvalue weighted by Gasteiger charge is 2.23. The predicted octanol–water partition coefficient (Wildman–Crippen LogP) is 1.37. The molecule has 1 amide bonds. The number of aromatic nitrogens is 2. The van der Waals surface area contributed by atoms with Gasteiger partial charge in [0.15, 0.2) is 0 Å². The monoisotopic (exact) mass is 338 g/mol. The molecule has 7 nitrogen and oxygen atoms in total. The Balaban J connectivity index is 1.80. The SMILES string of the molecule is Cc1nn(CC(=O)N[C@@H]2CCOc3ccccc32)c(=O)c(C#N)c1C. The molecule has 7 heteroatoms. The molecular formula is C18H18N4O3. The van der Waals surface area contributed by atoms with Crippen LogP contribution in [-0.4, -0.2) is 22.3 Å². The van der Waals surface area contributed by atoms with E-state index in [1.54, 1.807) is 13.8 Å². The van der Waals surface area contributed by atoms with Gasteiger partial charge in [0, 0.05) is 12.0 Å². The lowest BCUT2D eigenvalue weighted by molar-refractivity contribution is -0.122. The van der Waals surface area contributed by atoms with E-state index in [4.69, 9.17) is 10.00 Å². The Kier molecular flexibility index (Phi) is 4.52. The molecule has 0 saturated heterocycles. The zero-order chi connectivity index (χ0) is 18.0. The normalized spacial score (nSPS) is 15.6. The number of amides is 1. The summed E-state index contributed by atoms with van der Waals surface area (Å²) in [6, 6.07) is 9.26. The average Bonchev–Trinajstić information content (AvgIpc) is 2.60. The van der Waals surface area contributed by atoms with Gasteiger partial charge >= 0.3 is 0 Å². The van der Waals surface area contributed by atoms with E-state index in [2.05, 4.69) is 10.4 Å². The van der Waals surface area contributed by atoms with Crippen molar-refractivity contribution in [3.63, 3.8) is 0 Å². The van der Waals surface area contributed by atoms with Gasteiger partial charge in [-0.1, -0.05) is 18.2 Å². The summed E-state index contributed by atoms with van der Waals surface area (Å²) in [7, 11) is 0. The summed E-state index contributed by atoms with van der Waals surface area (Å²) in [4.78, 5) is 24.7. The minimum Gasteiger partial charge on any atom is -0.493 e. The van der Waals surface area contributed by atoms with Crippen molar-refractivity contribution in [2.45, 2.75) is 32.9 Å². The Labute approximate surface area is 144 Å². The highest BCUT2D eigenvalue weighted by molar-refractivity contribution is 5.76. The minimum atomic E-state index is -0.548. The summed E-state index contributed by atoms with van der Waals surface area (Å²) in [5, 5.41) is 16.2. The van der Waals surface area contributed by atoms with Crippen LogP contribution < -0.4 is 15.6 Å². The fourth-order valence-electron chi connectivity index (χ4n) is 2.88. The van der Waals surface area contributed by atoms with Crippen molar-refractivity contribution >= 4 is 5.91 Å². The first-order valence-electron chi connectivity index (χ1n) is 8.00. The van der Waals surface area contributed by atoms with Crippen molar-refractivity contribution in [2.24, 2.45) is 0 Å². The van der Waals surface area contributed by atoms with Crippen molar-refractivity contribution in [1.29, 1.82) is 5.26 Å². The molecule has 0 saturated carbocycles. The summed E-state index contributed by atoms with van der Waals surface area (Å²) in [5.74, 6) is 0.427. The second-order valence-corrected chi connectivity index (χ2v) is 5.96. The van der Waals surface area contributed by atoms with E-state index in [-0.39, 0.29) is 24.1 Å². The van der Waals surface area contributed by atoms with Crippen LogP contribution in [0.4, 0.5) is 0 Å². The van der Waals surface area contributed by atoms with Crippen molar-refractivity contribution in [2.75, 3.05) is 6.61 Å². The van der Waals surface area contributed by atoms with Gasteiger partial charge in [-0.05, 0) is 25.5 Å². The zero-order valence-corrected chi connectivity index (χ0v) is 14.1. The van der Waals surface area contributed by atoms with Crippen LogP contribution in [-0.2, 0) is 11.3 Å². The quantitative estimate of drug-likeness (QED) is 0.912. The maximum atomic E-state index is 12.4. The van der Waals surface area contributed by atoms with Gasteiger partial charge < -0.3 is 10.1 Å². The van der Waals surface area contributed by atoms with Crippen LogP contribution in [0.2, 0.25) is 0 Å². The first-order chi connectivity index (χ1) is 12.0. The van der Waals surface area contributed by atoms with Gasteiger partial charge in [0.25, 0.3) is 5.56 Å². The molecule has 3 rings (SSSR count). The molecule has 0 spiro atoms. The van der Waals surface area contributed by atoms with E-state index < -0.39 is 5.56 Å². The van der Waals surface area contributed by atoms with Crippen LogP contribution in [0.1, 0.15) is 34.8 Å². The lowest BCUT2D eigenvalue weighted by Crippen LogP contribution is -2.38. The molecule has 0 unspecified atom stereocenters. The van der Waals surface area contributed by atoms with Gasteiger partial charge in [0.1, 0.15) is 23.9 Å². The van der Waals surface area contributed by atoms with Crippen LogP contribution >= 0.6 is 0 Å². The van der Waals surface area contributed by atoms with Crippen molar-refractivity contribution in [1.82, 2.24) is 15.1 Å². The molecule has 0 aliphatic carbocycles. The van der Waals surface area contributed by atoms with Gasteiger partial charge in [0.2, 0.25) is 5.91 Å². The van der Waals surface area contributed by atoms with Crippen LogP contribution in [0.3, 0.4) is 0 Å². The highest BCUT2D eigenvalue weighted by atomic mass is 16.5. The molecule has 0 bridgehead atoms. The molecule has 2 aromatic rings. The molecule has 0 fully saturated rings. The largest absolute Gasteiger partial charge is 0.493 e. The van der Waals surface area contributed by atoms with Crippen LogP contribution in [0, 0.1) is 25.2 Å². The number of fused-ring (bicyclic) bond motifs is 1. The van der Waals surface area contributed by atoms with Crippen LogP contribution in [0.5, 0.6) is 5.75 Å². The molecule has 1 N–H and O–H groups in total. The van der Waals surface area contributed by atoms with Crippen molar-refractivity contribution in [3.8, 4) is 11.8 Å². The summed E-state index contributed by atoms with van der Waals surface area (Å²) >= 11 is 0. The number of hydrogen-bond acceptors (Lipinski definition) is 5. The fraction of sp³-hybridized carbons (Fsp3) is 0.333. The Morgan fingerprint density at radius 1 is 1.44 bits per heavy atom. The first-order valence-corrected chi connectivity index (χ1v) is 8.00. The Bertz CT molecular complexity index is 927. The molecule has 1 aromatic heterocycles. The molecule has 1 aliphatic rings. The maximum absolute atomic E-state index is 12.4. The van der Waals surface area contributed by atoms with E-state index >= 15 is 0 Å². The molecule has 25 heavy (non-hydrogen) atoms. The Morgan fingerprint density at radius 2 is 2.20 bits per heavy atom. The van der Waals surface area contributed by atoms with E-state index in [1.807, 2.05) is 30.3 Å². The maximum Gasteiger partial charge on any atom is 0.285 e. The first kappa shape index (κ1) is 16.7. The number of para-hydroxylation sites is 1. The summed E-state index contributed by atoms with van der Waals surface area (Å²) < 4.78 is 6.62. The number of nitrogens with one attached hydrogen (secondary N) is 1. The number of carbonyl (C=O) groups is 1. The van der Waals surface area contributed by atoms with Gasteiger partial charge in [0.05, 0.1) is 18.3 Å². The number of ether oxygens (including phenoxy) is 1. The van der Waals surface area contributed by atoms with E-state index in [9.17, 15) is 9.59 Å². The molecule has 128 valence electrons. The molecular weight excluding hydrogens is 320 g/mol. The number of rotatable bonds is 3. The zero-order valence-electron chi connectivity index (χ0n) is 14.1. The second-order valence-electron chi connectivity index (χ2n) is 5.96. The van der Waals surface area contributed by atoms with E-state index in [0.717, 1.165) is 16.0 Å². The molecule has 1 atom stereocenters. The number of benzene rings is 1. The average molecular weight is 338 g/mol. The Hall–Kier alpha value is -3.14. The van der Waals surface area contributed by atoms with Gasteiger partial charge in [-0.3, -0.25) is 9.59 Å². The summed E-state index contributed by atoms with van der Waals surface area (Å²) in [6.07, 6.45) is 0.654. The van der Waals surface area contributed by atoms with Crippen molar-refractivity contribution in [3.05, 3.63) is 57.0 Å². The predicted molar refractivity (Wildman–Crippen MR) is 90.1 cm³/mol. The van der Waals surface area contributed by atoms with Crippen LogP contribution in [0.25, 0.3) is 0 Å². The Morgan fingerprint density at radius 3 is 2.96 bits per heavy atom. The molecule has 1 aliphatic heterocycles. The number of nitriles is 1. The van der Waals surface area contributed by atoms with E-state index in [0.29, 0.717) is 24.3 Å². The standard InChI is InChI=1S/C18H18N4O3/c1-11-12(2)21-22(18(24)14(11)9-19)10-17(23)20-15-7-8-25-16-6-4-3-5-13(15)16/h3-6,15H,7-8,10H2,1-2H3,(H,20,23)/t15-/m1/s1. The third-order valence-electron chi connectivity index (χ3n) is 4.34. The lowest BCUT2D eigenvalue weighted by atomic mass is 10.0. The highest BCUT2D eigenvalue weighted by Crippen LogP contribution is 2.31. The van der Waals surface area contributed by atoms with Gasteiger partial charge in [-0.15, -0.1) is 0 Å². The molecule has 0 radical (unpaired) electrons. The smallest absolute Gasteiger partial charge is 0.285 e. The second kappa shape index (κ2) is 6.77. The topological polar surface area (TPSA) is 97.0 Å². The minimum absolute atomic E-state index is 0.0247. The summed E-state index contributed by atoms with van der Waals surface area (Å²) in [6.45, 7) is 3.67. The van der Waals surface area contributed by atoms with Crippen LogP contribution in [0.15, 0.2) is 29.1 Å². The number of aryl methyl sites for hydroxylation is 1. The lowest BCUT2D eigenvalue weighted by Gasteiger charge is -2.26. The third-order valence-corrected chi connectivity index (χ3v) is 4.34. The number of nitrogens with zero attached hydrogens (tertiary/aromatic N) is 3. The third kappa shape index (κ3) is 3.24. The molecule has 2 heterocycles. The summed E-state index contributed by atoms with van der Waals surface area (Å²) in [5.41, 5.74) is 1.49. The van der Waals surface area contributed by atoms with Gasteiger partial charge in [-0.2, -0.15) is 10.4 Å². The van der Waals surface area contributed by atoms with Crippen molar-refractivity contribution < 1.29 is 9.53 Å². The molecule has 1 aromatic carbocycles. The number of hydrogen-bond donors (Lipinski definition) is 1. The van der Waals surface area contributed by atoms with Gasteiger partial charge in [-0.25, -0.2) is 4.68 Å². The fourth-order valence-corrected chi connectivity index (χ4v) is 2.88.